The van der Waals surface area contributed by atoms with Gasteiger partial charge in [-0.1, -0.05) is 42.5 Å². The Labute approximate surface area is 95.4 Å². The Balaban J connectivity index is 2.09. The summed E-state index contributed by atoms with van der Waals surface area (Å²) in [6.07, 6.45) is 0.811. The molecule has 0 aliphatic carbocycles. The lowest BCUT2D eigenvalue weighted by atomic mass is 10.00. The zero-order chi connectivity index (χ0) is 11.4. The lowest BCUT2D eigenvalue weighted by molar-refractivity contribution is 0.475. The summed E-state index contributed by atoms with van der Waals surface area (Å²) < 4.78 is 0. The number of phenols is 1. The van der Waals surface area contributed by atoms with Crippen molar-refractivity contribution >= 4 is 0 Å². The van der Waals surface area contributed by atoms with Crippen LogP contribution in [0.3, 0.4) is 0 Å². The van der Waals surface area contributed by atoms with Crippen LogP contribution in [0.15, 0.2) is 54.6 Å². The van der Waals surface area contributed by atoms with Crippen LogP contribution >= 0.6 is 0 Å². The molecule has 2 aromatic carbocycles. The van der Waals surface area contributed by atoms with Gasteiger partial charge in [0.1, 0.15) is 5.75 Å². The lowest BCUT2D eigenvalue weighted by Gasteiger charge is -2.12. The van der Waals surface area contributed by atoms with Crippen molar-refractivity contribution in [1.29, 1.82) is 0 Å². The van der Waals surface area contributed by atoms with E-state index < -0.39 is 0 Å². The molecule has 0 unspecified atom stereocenters. The second-order valence-corrected chi connectivity index (χ2v) is 3.89. The van der Waals surface area contributed by atoms with Crippen LogP contribution < -0.4 is 5.73 Å². The Bertz CT molecular complexity index is 436. The van der Waals surface area contributed by atoms with Gasteiger partial charge >= 0.3 is 0 Å². The summed E-state index contributed by atoms with van der Waals surface area (Å²) in [4.78, 5) is 0. The third-order valence-electron chi connectivity index (χ3n) is 2.62. The van der Waals surface area contributed by atoms with E-state index in [-0.39, 0.29) is 11.8 Å². The summed E-state index contributed by atoms with van der Waals surface area (Å²) in [6.45, 7) is 0. The fourth-order valence-corrected chi connectivity index (χ4v) is 1.71. The molecule has 0 spiro atoms. The van der Waals surface area contributed by atoms with Crippen molar-refractivity contribution in [3.05, 3.63) is 65.7 Å². The van der Waals surface area contributed by atoms with Crippen LogP contribution in [0.25, 0.3) is 0 Å². The van der Waals surface area contributed by atoms with Gasteiger partial charge in [-0.2, -0.15) is 0 Å². The molecule has 0 aliphatic rings. The molecule has 0 radical (unpaired) electrons. The Morgan fingerprint density at radius 2 is 1.56 bits per heavy atom. The molecule has 2 heteroatoms. The minimum atomic E-state index is -0.0250. The summed E-state index contributed by atoms with van der Waals surface area (Å²) in [5.41, 5.74) is 8.36. The van der Waals surface area contributed by atoms with Crippen LogP contribution in [-0.4, -0.2) is 5.11 Å². The highest BCUT2D eigenvalue weighted by Gasteiger charge is 2.06. The predicted molar refractivity (Wildman–Crippen MR) is 65.2 cm³/mol. The third-order valence-corrected chi connectivity index (χ3v) is 2.62. The van der Waals surface area contributed by atoms with Gasteiger partial charge in [-0.25, -0.2) is 0 Å². The van der Waals surface area contributed by atoms with Crippen molar-refractivity contribution in [3.63, 3.8) is 0 Å². The topological polar surface area (TPSA) is 46.2 Å². The molecule has 0 bridgehead atoms. The van der Waals surface area contributed by atoms with Gasteiger partial charge in [0.05, 0.1) is 0 Å². The molecule has 0 aliphatic heterocycles. The van der Waals surface area contributed by atoms with Gasteiger partial charge in [0, 0.05) is 6.04 Å². The SMILES string of the molecule is N[C@H](Cc1ccccc1)c1ccc(O)cc1. The fraction of sp³-hybridized carbons (Fsp3) is 0.143. The lowest BCUT2D eigenvalue weighted by Crippen LogP contribution is -2.12. The molecule has 0 saturated heterocycles. The van der Waals surface area contributed by atoms with Gasteiger partial charge in [-0.05, 0) is 29.7 Å². The highest BCUT2D eigenvalue weighted by Crippen LogP contribution is 2.18. The Kier molecular flexibility index (Phi) is 3.22. The minimum absolute atomic E-state index is 0.0250. The van der Waals surface area contributed by atoms with E-state index in [4.69, 9.17) is 5.73 Å². The number of rotatable bonds is 3. The number of aromatic hydroxyl groups is 1. The number of benzene rings is 2. The standard InChI is InChI=1S/C14H15NO/c15-14(10-11-4-2-1-3-5-11)12-6-8-13(16)9-7-12/h1-9,14,16H,10,15H2/t14-/m1/s1. The largest absolute Gasteiger partial charge is 0.508 e. The first-order valence-electron chi connectivity index (χ1n) is 5.34. The van der Waals surface area contributed by atoms with Gasteiger partial charge in [0.25, 0.3) is 0 Å². The molecule has 0 heterocycles. The van der Waals surface area contributed by atoms with Crippen LogP contribution in [0, 0.1) is 0 Å². The summed E-state index contributed by atoms with van der Waals surface area (Å²) in [6, 6.07) is 17.2. The quantitative estimate of drug-likeness (QED) is 0.823. The van der Waals surface area contributed by atoms with Crippen LogP contribution in [0.1, 0.15) is 17.2 Å². The zero-order valence-corrected chi connectivity index (χ0v) is 9.01. The van der Waals surface area contributed by atoms with Crippen molar-refractivity contribution in [2.45, 2.75) is 12.5 Å². The summed E-state index contributed by atoms with van der Waals surface area (Å²) in [5.74, 6) is 0.274. The van der Waals surface area contributed by atoms with E-state index in [1.807, 2.05) is 30.3 Å². The van der Waals surface area contributed by atoms with E-state index in [0.29, 0.717) is 0 Å². The second kappa shape index (κ2) is 4.81. The molecule has 1 atom stereocenters. The molecule has 2 aromatic rings. The number of nitrogens with two attached hydrogens (primary N) is 1. The summed E-state index contributed by atoms with van der Waals surface area (Å²) in [5, 5.41) is 9.19. The normalized spacial score (nSPS) is 12.3. The Hall–Kier alpha value is -1.80. The Morgan fingerprint density at radius 1 is 0.938 bits per heavy atom. The summed E-state index contributed by atoms with van der Waals surface area (Å²) >= 11 is 0. The third kappa shape index (κ3) is 2.61. The molecule has 0 amide bonds. The van der Waals surface area contributed by atoms with E-state index in [1.165, 1.54) is 5.56 Å². The highest BCUT2D eigenvalue weighted by molar-refractivity contribution is 5.29. The molecular weight excluding hydrogens is 198 g/mol. The van der Waals surface area contributed by atoms with E-state index in [9.17, 15) is 5.11 Å². The van der Waals surface area contributed by atoms with E-state index >= 15 is 0 Å². The number of phenolic OH excluding ortho intramolecular Hbond substituents is 1. The van der Waals surface area contributed by atoms with Crippen molar-refractivity contribution in [2.24, 2.45) is 5.73 Å². The van der Waals surface area contributed by atoms with Crippen molar-refractivity contribution < 1.29 is 5.11 Å². The maximum atomic E-state index is 9.19. The zero-order valence-electron chi connectivity index (χ0n) is 9.01. The maximum Gasteiger partial charge on any atom is 0.115 e. The molecular formula is C14H15NO. The summed E-state index contributed by atoms with van der Waals surface area (Å²) in [7, 11) is 0. The molecule has 0 saturated carbocycles. The number of hydrogen-bond acceptors (Lipinski definition) is 2. The monoisotopic (exact) mass is 213 g/mol. The van der Waals surface area contributed by atoms with Gasteiger partial charge in [-0.15, -0.1) is 0 Å². The maximum absolute atomic E-state index is 9.19. The van der Waals surface area contributed by atoms with E-state index in [1.54, 1.807) is 12.1 Å². The van der Waals surface area contributed by atoms with Gasteiger partial charge in [-0.3, -0.25) is 0 Å². The molecule has 3 N–H and O–H groups in total. The first-order valence-corrected chi connectivity index (χ1v) is 5.34. The predicted octanol–water partition coefficient (Wildman–Crippen LogP) is 2.63. The van der Waals surface area contributed by atoms with Crippen LogP contribution in [0.4, 0.5) is 0 Å². The molecule has 2 nitrogen and oxygen atoms in total. The average molecular weight is 213 g/mol. The van der Waals surface area contributed by atoms with Crippen LogP contribution in [0.2, 0.25) is 0 Å². The van der Waals surface area contributed by atoms with Crippen molar-refractivity contribution in [2.75, 3.05) is 0 Å². The van der Waals surface area contributed by atoms with Crippen molar-refractivity contribution in [1.82, 2.24) is 0 Å². The first-order chi connectivity index (χ1) is 7.75. The van der Waals surface area contributed by atoms with Gasteiger partial charge in [0.15, 0.2) is 0 Å². The Morgan fingerprint density at radius 3 is 2.19 bits per heavy atom. The molecule has 0 fully saturated rings. The van der Waals surface area contributed by atoms with Crippen LogP contribution in [0.5, 0.6) is 5.75 Å². The molecule has 82 valence electrons. The molecule has 16 heavy (non-hydrogen) atoms. The first kappa shape index (κ1) is 10.7. The second-order valence-electron chi connectivity index (χ2n) is 3.89. The van der Waals surface area contributed by atoms with Gasteiger partial charge in [0.2, 0.25) is 0 Å². The average Bonchev–Trinajstić information content (AvgIpc) is 2.31. The minimum Gasteiger partial charge on any atom is -0.508 e. The number of hydrogen-bond donors (Lipinski definition) is 2. The van der Waals surface area contributed by atoms with E-state index in [2.05, 4.69) is 12.1 Å². The van der Waals surface area contributed by atoms with Crippen LogP contribution in [-0.2, 0) is 6.42 Å². The molecule has 0 aromatic heterocycles. The van der Waals surface area contributed by atoms with E-state index in [0.717, 1.165) is 12.0 Å². The highest BCUT2D eigenvalue weighted by atomic mass is 16.3. The smallest absolute Gasteiger partial charge is 0.115 e. The molecule has 2 rings (SSSR count). The van der Waals surface area contributed by atoms with Crippen molar-refractivity contribution in [3.8, 4) is 5.75 Å². The fourth-order valence-electron chi connectivity index (χ4n) is 1.71. The van der Waals surface area contributed by atoms with Gasteiger partial charge < -0.3 is 10.8 Å².